The Bertz CT molecular complexity index is 865. The van der Waals surface area contributed by atoms with Crippen molar-refractivity contribution in [3.8, 4) is 0 Å². The van der Waals surface area contributed by atoms with E-state index >= 15 is 0 Å². The van der Waals surface area contributed by atoms with E-state index in [2.05, 4.69) is 0 Å². The number of ketones is 1. The third-order valence-corrected chi connectivity index (χ3v) is 6.41. The molecule has 0 heterocycles. The normalized spacial score (nSPS) is 13.3. The van der Waals surface area contributed by atoms with E-state index in [1.807, 2.05) is 0 Å². The molecule has 0 amide bonds. The van der Waals surface area contributed by atoms with Crippen LogP contribution < -0.4 is 0 Å². The molecule has 0 saturated carbocycles. The van der Waals surface area contributed by atoms with Gasteiger partial charge < -0.3 is 20.4 Å². The molecular weight excluding hydrogens is 486 g/mol. The first kappa shape index (κ1) is 34.4. The molecule has 4 N–H and O–H groups in total. The van der Waals surface area contributed by atoms with Crippen molar-refractivity contribution in [3.63, 3.8) is 0 Å². The number of hydrogen-bond donors (Lipinski definition) is 4. The van der Waals surface area contributed by atoms with E-state index in [0.717, 1.165) is 0 Å². The Balaban J connectivity index is 6.62. The summed E-state index contributed by atoms with van der Waals surface area (Å²) in [6.45, 7) is 13.7. The number of carboxylic acid groups (broad SMARTS) is 4. The highest BCUT2D eigenvalue weighted by atomic mass is 16.4. The third kappa shape index (κ3) is 11.6. The number of Topliss-reactive ketones (excluding diaryl/α,β-unsaturated/α-hetero) is 1. The summed E-state index contributed by atoms with van der Waals surface area (Å²) in [6.07, 6.45) is -0.222. The molecular formula is C25H45N3O9. The van der Waals surface area contributed by atoms with Crippen molar-refractivity contribution < 1.29 is 44.4 Å². The van der Waals surface area contributed by atoms with Gasteiger partial charge >= 0.3 is 23.9 Å². The van der Waals surface area contributed by atoms with Gasteiger partial charge in [0.15, 0.2) is 0 Å². The van der Waals surface area contributed by atoms with E-state index in [1.54, 1.807) is 37.5 Å². The van der Waals surface area contributed by atoms with Gasteiger partial charge in [-0.25, -0.2) is 0 Å². The molecule has 12 nitrogen and oxygen atoms in total. The number of carbonyl (C=O) groups excluding carboxylic acids is 1. The number of rotatable bonds is 18. The Morgan fingerprint density at radius 2 is 1.03 bits per heavy atom. The molecule has 214 valence electrons. The van der Waals surface area contributed by atoms with Gasteiger partial charge in [0.1, 0.15) is 5.78 Å². The van der Waals surface area contributed by atoms with Crippen molar-refractivity contribution in [2.75, 3.05) is 33.0 Å². The molecule has 0 aliphatic heterocycles. The van der Waals surface area contributed by atoms with Crippen molar-refractivity contribution in [1.29, 1.82) is 0 Å². The van der Waals surface area contributed by atoms with Crippen LogP contribution >= 0.6 is 0 Å². The average Bonchev–Trinajstić information content (AvgIpc) is 2.63. The standard InChI is InChI=1S/C25H45N3O9/c1-17(29)10-24(6,7)28(15-26(12-19(32)33)13-22(2,3)20(34)35)16-27(14-23(4,5)21(36)37)25(8,9)11-18(30)31/h10-16H2,1-9H3,(H,30,31)(H,32,33)(H,34,35)(H,36,37). The lowest BCUT2D eigenvalue weighted by Gasteiger charge is -2.49. The van der Waals surface area contributed by atoms with Crippen molar-refractivity contribution in [3.05, 3.63) is 0 Å². The fourth-order valence-electron chi connectivity index (χ4n) is 4.05. The molecule has 0 aromatic heterocycles. The largest absolute Gasteiger partial charge is 0.481 e. The molecule has 0 aromatic rings. The Labute approximate surface area is 219 Å². The molecule has 0 spiro atoms. The van der Waals surface area contributed by atoms with Crippen LogP contribution in [-0.2, 0) is 24.0 Å². The molecule has 0 atom stereocenters. The Hall–Kier alpha value is -2.57. The number of carbonyl (C=O) groups is 5. The first-order valence-electron chi connectivity index (χ1n) is 12.1. The van der Waals surface area contributed by atoms with Gasteiger partial charge in [0.2, 0.25) is 0 Å². The molecule has 0 rings (SSSR count). The second kappa shape index (κ2) is 12.8. The van der Waals surface area contributed by atoms with E-state index in [0.29, 0.717) is 0 Å². The summed E-state index contributed by atoms with van der Waals surface area (Å²) in [7, 11) is 0. The summed E-state index contributed by atoms with van der Waals surface area (Å²) < 4.78 is 0. The highest BCUT2D eigenvalue weighted by molar-refractivity contribution is 5.77. The number of hydrogen-bond acceptors (Lipinski definition) is 8. The van der Waals surface area contributed by atoms with Crippen LogP contribution in [0.2, 0.25) is 0 Å². The summed E-state index contributed by atoms with van der Waals surface area (Å²) in [5.41, 5.74) is -4.40. The molecule has 0 unspecified atom stereocenters. The monoisotopic (exact) mass is 531 g/mol. The molecule has 0 fully saturated rings. The lowest BCUT2D eigenvalue weighted by Crippen LogP contribution is -2.61. The van der Waals surface area contributed by atoms with E-state index in [1.165, 1.54) is 39.5 Å². The highest BCUT2D eigenvalue weighted by Crippen LogP contribution is 2.30. The van der Waals surface area contributed by atoms with E-state index < -0.39 is 52.3 Å². The van der Waals surface area contributed by atoms with E-state index in [4.69, 9.17) is 0 Å². The molecule has 0 radical (unpaired) electrons. The lowest BCUT2D eigenvalue weighted by molar-refractivity contribution is -0.152. The number of aliphatic carboxylic acids is 4. The average molecular weight is 532 g/mol. The quantitative estimate of drug-likeness (QED) is 0.190. The van der Waals surface area contributed by atoms with Crippen LogP contribution in [0.25, 0.3) is 0 Å². The maximum Gasteiger partial charge on any atom is 0.317 e. The second-order valence-electron chi connectivity index (χ2n) is 12.4. The summed E-state index contributed by atoms with van der Waals surface area (Å²) in [5, 5.41) is 38.4. The molecule has 0 aromatic carbocycles. The van der Waals surface area contributed by atoms with Gasteiger partial charge in [-0.3, -0.25) is 38.7 Å². The highest BCUT2D eigenvalue weighted by Gasteiger charge is 2.41. The molecule has 12 heteroatoms. The maximum atomic E-state index is 12.1. The van der Waals surface area contributed by atoms with Crippen molar-refractivity contribution in [1.82, 2.24) is 14.7 Å². The fourth-order valence-corrected chi connectivity index (χ4v) is 4.05. The number of carboxylic acids is 4. The minimum Gasteiger partial charge on any atom is -0.481 e. The van der Waals surface area contributed by atoms with E-state index in [9.17, 15) is 44.4 Å². The molecule has 0 aliphatic rings. The predicted molar refractivity (Wildman–Crippen MR) is 136 cm³/mol. The van der Waals surface area contributed by atoms with Gasteiger partial charge in [0.05, 0.1) is 37.1 Å². The Kier molecular flexibility index (Phi) is 11.9. The van der Waals surface area contributed by atoms with Crippen molar-refractivity contribution in [2.24, 2.45) is 10.8 Å². The van der Waals surface area contributed by atoms with Gasteiger partial charge in [-0.15, -0.1) is 0 Å². The van der Waals surface area contributed by atoms with Crippen LogP contribution in [0.4, 0.5) is 0 Å². The zero-order valence-corrected chi connectivity index (χ0v) is 23.6. The van der Waals surface area contributed by atoms with E-state index in [-0.39, 0.29) is 45.1 Å². The molecule has 0 aliphatic carbocycles. The SMILES string of the molecule is CC(=O)CC(C)(C)N(CN(CC(=O)O)CC(C)(C)C(=O)O)CN(CC(C)(C)C(=O)O)C(C)(C)CC(=O)O. The van der Waals surface area contributed by atoms with Gasteiger partial charge in [-0.1, -0.05) is 0 Å². The van der Waals surface area contributed by atoms with Crippen LogP contribution in [0.3, 0.4) is 0 Å². The maximum absolute atomic E-state index is 12.1. The topological polar surface area (TPSA) is 176 Å². The van der Waals surface area contributed by atoms with Gasteiger partial charge in [0.25, 0.3) is 0 Å². The summed E-state index contributed by atoms with van der Waals surface area (Å²) in [6, 6.07) is 0. The van der Waals surface area contributed by atoms with Crippen LogP contribution in [0.5, 0.6) is 0 Å². The van der Waals surface area contributed by atoms with Crippen molar-refractivity contribution in [2.45, 2.75) is 86.2 Å². The number of nitrogens with zero attached hydrogens (tertiary/aromatic N) is 3. The molecule has 0 bridgehead atoms. The summed E-state index contributed by atoms with van der Waals surface area (Å²) in [5.74, 6) is -4.56. The summed E-state index contributed by atoms with van der Waals surface area (Å²) >= 11 is 0. The van der Waals surface area contributed by atoms with Gasteiger partial charge in [0, 0.05) is 30.6 Å². The molecule has 37 heavy (non-hydrogen) atoms. The Morgan fingerprint density at radius 1 is 0.595 bits per heavy atom. The first-order valence-corrected chi connectivity index (χ1v) is 12.1. The predicted octanol–water partition coefficient (Wildman–Crippen LogP) is 2.12. The van der Waals surface area contributed by atoms with Crippen LogP contribution in [0.1, 0.15) is 75.2 Å². The zero-order valence-electron chi connectivity index (χ0n) is 23.6. The van der Waals surface area contributed by atoms with Crippen LogP contribution in [0.15, 0.2) is 0 Å². The zero-order chi connectivity index (χ0) is 29.6. The van der Waals surface area contributed by atoms with Crippen LogP contribution in [-0.4, -0.2) is 109 Å². The van der Waals surface area contributed by atoms with Crippen LogP contribution in [0, 0.1) is 10.8 Å². The minimum atomic E-state index is -1.28. The lowest BCUT2D eigenvalue weighted by atomic mass is 9.89. The smallest absolute Gasteiger partial charge is 0.317 e. The molecule has 0 saturated heterocycles. The summed E-state index contributed by atoms with van der Waals surface area (Å²) in [4.78, 5) is 64.0. The third-order valence-electron chi connectivity index (χ3n) is 6.41. The second-order valence-corrected chi connectivity index (χ2v) is 12.4. The van der Waals surface area contributed by atoms with Gasteiger partial charge in [-0.05, 0) is 62.3 Å². The minimum absolute atomic E-state index is 0.000882. The Morgan fingerprint density at radius 3 is 1.41 bits per heavy atom. The van der Waals surface area contributed by atoms with Crippen molar-refractivity contribution >= 4 is 29.7 Å². The fraction of sp³-hybridized carbons (Fsp3) is 0.800. The first-order chi connectivity index (χ1) is 16.4. The van der Waals surface area contributed by atoms with Gasteiger partial charge in [-0.2, -0.15) is 0 Å².